The summed E-state index contributed by atoms with van der Waals surface area (Å²) in [7, 11) is 0. The van der Waals surface area contributed by atoms with E-state index < -0.39 is 12.5 Å². The van der Waals surface area contributed by atoms with Gasteiger partial charge in [0.2, 0.25) is 5.91 Å². The molecule has 4 nitrogen and oxygen atoms in total. The lowest BCUT2D eigenvalue weighted by Gasteiger charge is -2.11. The molecule has 0 aliphatic heterocycles. The Morgan fingerprint density at radius 3 is 2.36 bits per heavy atom. The van der Waals surface area contributed by atoms with E-state index in [0.29, 0.717) is 5.56 Å². The van der Waals surface area contributed by atoms with E-state index >= 15 is 0 Å². The van der Waals surface area contributed by atoms with Crippen molar-refractivity contribution in [1.29, 1.82) is 0 Å². The summed E-state index contributed by atoms with van der Waals surface area (Å²) in [6, 6.07) is 13.2. The van der Waals surface area contributed by atoms with Crippen molar-refractivity contribution < 1.29 is 23.1 Å². The Labute approximate surface area is 144 Å². The van der Waals surface area contributed by atoms with Crippen molar-refractivity contribution >= 4 is 17.4 Å². The van der Waals surface area contributed by atoms with Crippen LogP contribution in [0, 0.1) is 0 Å². The number of carbonyl (C=O) groups excluding carboxylic acids is 2. The number of halogens is 2. The smallest absolute Gasteiger partial charge is 0.387 e. The predicted octanol–water partition coefficient (Wildman–Crippen LogP) is 4.45. The molecule has 0 aliphatic rings. The fourth-order valence-electron chi connectivity index (χ4n) is 2.28. The molecule has 25 heavy (non-hydrogen) atoms. The number of benzene rings is 2. The number of para-hydroxylation sites is 2. The van der Waals surface area contributed by atoms with Crippen molar-refractivity contribution in [2.45, 2.75) is 32.8 Å². The fraction of sp³-hybridized carbons (Fsp3) is 0.263. The Morgan fingerprint density at radius 2 is 1.72 bits per heavy atom. The van der Waals surface area contributed by atoms with Crippen molar-refractivity contribution in [2.75, 3.05) is 5.32 Å². The minimum atomic E-state index is -2.98. The zero-order valence-corrected chi connectivity index (χ0v) is 13.8. The third-order valence-corrected chi connectivity index (χ3v) is 3.64. The first-order valence-electron chi connectivity index (χ1n) is 7.95. The number of ketones is 1. The highest BCUT2D eigenvalue weighted by Crippen LogP contribution is 2.25. The standard InChI is InChI=1S/C19H19F2NO3/c1-2-13-7-9-14(10-8-13)16(23)11-12-18(24)22-15-5-3-4-6-17(15)25-19(20)21/h3-10,19H,2,11-12H2,1H3,(H,22,24). The monoisotopic (exact) mass is 347 g/mol. The molecule has 0 radical (unpaired) electrons. The molecule has 0 saturated carbocycles. The van der Waals surface area contributed by atoms with Crippen LogP contribution >= 0.6 is 0 Å². The number of hydrogen-bond acceptors (Lipinski definition) is 3. The molecule has 2 rings (SSSR count). The van der Waals surface area contributed by atoms with Crippen LogP contribution in [0.1, 0.15) is 35.7 Å². The number of hydrogen-bond donors (Lipinski definition) is 1. The number of ether oxygens (including phenoxy) is 1. The average molecular weight is 347 g/mol. The number of alkyl halides is 2. The predicted molar refractivity (Wildman–Crippen MR) is 91.1 cm³/mol. The number of anilines is 1. The lowest BCUT2D eigenvalue weighted by atomic mass is 10.0. The Morgan fingerprint density at radius 1 is 1.04 bits per heavy atom. The lowest BCUT2D eigenvalue weighted by Crippen LogP contribution is -2.15. The number of amides is 1. The van der Waals surface area contributed by atoms with E-state index in [1.807, 2.05) is 19.1 Å². The summed E-state index contributed by atoms with van der Waals surface area (Å²) in [5.41, 5.74) is 1.82. The molecule has 6 heteroatoms. The molecular weight excluding hydrogens is 328 g/mol. The van der Waals surface area contributed by atoms with Crippen LogP contribution in [0.2, 0.25) is 0 Å². The molecule has 0 spiro atoms. The third kappa shape index (κ3) is 5.67. The molecule has 2 aromatic carbocycles. The quantitative estimate of drug-likeness (QED) is 0.718. The van der Waals surface area contributed by atoms with Crippen molar-refractivity contribution in [3.05, 3.63) is 59.7 Å². The van der Waals surface area contributed by atoms with Crippen molar-refractivity contribution in [3.63, 3.8) is 0 Å². The normalized spacial score (nSPS) is 10.6. The van der Waals surface area contributed by atoms with Gasteiger partial charge in [-0.25, -0.2) is 0 Å². The maximum Gasteiger partial charge on any atom is 0.387 e. The number of rotatable bonds is 8. The molecular formula is C19H19F2NO3. The highest BCUT2D eigenvalue weighted by Gasteiger charge is 2.13. The molecule has 0 saturated heterocycles. The first-order chi connectivity index (χ1) is 12.0. The van der Waals surface area contributed by atoms with Gasteiger partial charge in [-0.15, -0.1) is 0 Å². The Bertz CT molecular complexity index is 730. The number of aryl methyl sites for hydroxylation is 1. The van der Waals surface area contributed by atoms with Crippen LogP contribution < -0.4 is 10.1 Å². The lowest BCUT2D eigenvalue weighted by molar-refractivity contribution is -0.116. The van der Waals surface area contributed by atoms with Crippen LogP contribution in [0.15, 0.2) is 48.5 Å². The molecule has 0 aliphatic carbocycles. The highest BCUT2D eigenvalue weighted by molar-refractivity contribution is 6.00. The van der Waals surface area contributed by atoms with Crippen LogP contribution in [-0.4, -0.2) is 18.3 Å². The molecule has 2 aromatic rings. The van der Waals surface area contributed by atoms with E-state index in [1.165, 1.54) is 18.2 Å². The molecule has 0 unspecified atom stereocenters. The zero-order valence-electron chi connectivity index (χ0n) is 13.8. The van der Waals surface area contributed by atoms with Gasteiger partial charge in [0.1, 0.15) is 5.75 Å². The first-order valence-corrected chi connectivity index (χ1v) is 7.95. The average Bonchev–Trinajstić information content (AvgIpc) is 2.61. The molecule has 132 valence electrons. The van der Waals surface area contributed by atoms with Gasteiger partial charge in [0.05, 0.1) is 5.69 Å². The van der Waals surface area contributed by atoms with Crippen LogP contribution in [0.3, 0.4) is 0 Å². The minimum Gasteiger partial charge on any atom is -0.433 e. The van der Waals surface area contributed by atoms with Gasteiger partial charge in [0, 0.05) is 18.4 Å². The second-order valence-electron chi connectivity index (χ2n) is 5.40. The van der Waals surface area contributed by atoms with E-state index in [0.717, 1.165) is 12.0 Å². The molecule has 0 atom stereocenters. The van der Waals surface area contributed by atoms with E-state index in [1.54, 1.807) is 18.2 Å². The Kier molecular flexibility index (Phi) is 6.62. The van der Waals surface area contributed by atoms with Crippen LogP contribution in [0.4, 0.5) is 14.5 Å². The summed E-state index contributed by atoms with van der Waals surface area (Å²) in [5, 5.41) is 2.49. The number of nitrogens with one attached hydrogen (secondary N) is 1. The van der Waals surface area contributed by atoms with Crippen molar-refractivity contribution in [3.8, 4) is 5.75 Å². The van der Waals surface area contributed by atoms with Gasteiger partial charge in [0.25, 0.3) is 0 Å². The van der Waals surface area contributed by atoms with E-state index in [9.17, 15) is 18.4 Å². The number of Topliss-reactive ketones (excluding diaryl/α,β-unsaturated/α-hetero) is 1. The van der Waals surface area contributed by atoms with Crippen LogP contribution in [0.25, 0.3) is 0 Å². The fourth-order valence-corrected chi connectivity index (χ4v) is 2.28. The highest BCUT2D eigenvalue weighted by atomic mass is 19.3. The molecule has 1 N–H and O–H groups in total. The molecule has 0 aromatic heterocycles. The summed E-state index contributed by atoms with van der Waals surface area (Å²) < 4.78 is 29.1. The summed E-state index contributed by atoms with van der Waals surface area (Å²) in [6.07, 6.45) is 0.878. The van der Waals surface area contributed by atoms with Gasteiger partial charge >= 0.3 is 6.61 Å². The molecule has 0 heterocycles. The summed E-state index contributed by atoms with van der Waals surface area (Å²) in [4.78, 5) is 24.1. The third-order valence-electron chi connectivity index (χ3n) is 3.64. The van der Waals surface area contributed by atoms with E-state index in [2.05, 4.69) is 10.1 Å². The van der Waals surface area contributed by atoms with Crippen molar-refractivity contribution in [1.82, 2.24) is 0 Å². The van der Waals surface area contributed by atoms with E-state index in [-0.39, 0.29) is 30.1 Å². The molecule has 1 amide bonds. The van der Waals surface area contributed by atoms with E-state index in [4.69, 9.17) is 0 Å². The first kappa shape index (κ1) is 18.6. The van der Waals surface area contributed by atoms with Gasteiger partial charge in [-0.2, -0.15) is 8.78 Å². The summed E-state index contributed by atoms with van der Waals surface area (Å²) >= 11 is 0. The topological polar surface area (TPSA) is 55.4 Å². The second kappa shape index (κ2) is 8.92. The Balaban J connectivity index is 1.91. The van der Waals surface area contributed by atoms with Gasteiger partial charge in [-0.1, -0.05) is 43.3 Å². The molecule has 0 bridgehead atoms. The SMILES string of the molecule is CCc1ccc(C(=O)CCC(=O)Nc2ccccc2OC(F)F)cc1. The molecule has 0 fully saturated rings. The van der Waals surface area contributed by atoms with Crippen LogP contribution in [-0.2, 0) is 11.2 Å². The largest absolute Gasteiger partial charge is 0.433 e. The maximum absolute atomic E-state index is 12.4. The zero-order chi connectivity index (χ0) is 18.2. The maximum atomic E-state index is 12.4. The van der Waals surface area contributed by atoms with Gasteiger partial charge in [0.15, 0.2) is 5.78 Å². The van der Waals surface area contributed by atoms with Gasteiger partial charge in [-0.05, 0) is 24.1 Å². The summed E-state index contributed by atoms with van der Waals surface area (Å²) in [5.74, 6) is -0.703. The number of carbonyl (C=O) groups is 2. The van der Waals surface area contributed by atoms with Crippen molar-refractivity contribution in [2.24, 2.45) is 0 Å². The van der Waals surface area contributed by atoms with Gasteiger partial charge in [-0.3, -0.25) is 9.59 Å². The Hall–Kier alpha value is -2.76. The van der Waals surface area contributed by atoms with Crippen LogP contribution in [0.5, 0.6) is 5.75 Å². The second-order valence-corrected chi connectivity index (χ2v) is 5.40. The summed E-state index contributed by atoms with van der Waals surface area (Å²) in [6.45, 7) is -0.956. The minimum absolute atomic E-state index is 0.0369. The van der Waals surface area contributed by atoms with Gasteiger partial charge < -0.3 is 10.1 Å².